The third-order valence-corrected chi connectivity index (χ3v) is 3.50. The van der Waals surface area contributed by atoms with Crippen molar-refractivity contribution in [3.8, 4) is 11.6 Å². The molecular weight excluding hydrogens is 364 g/mol. The molecule has 1 heterocycles. The molecule has 0 saturated carbocycles. The topological polar surface area (TPSA) is 115 Å². The maximum atomic E-state index is 10.8. The number of ether oxygens (including phenoxy) is 1. The Morgan fingerprint density at radius 3 is 2.81 bits per heavy atom. The molecule has 2 aromatic rings. The van der Waals surface area contributed by atoms with Gasteiger partial charge in [0.05, 0.1) is 15.5 Å². The molecule has 0 atom stereocenters. The monoisotopic (exact) mass is 370 g/mol. The van der Waals surface area contributed by atoms with Crippen molar-refractivity contribution in [3.05, 3.63) is 55.6 Å². The predicted molar refractivity (Wildman–Crippen MR) is 81.1 cm³/mol. The normalized spacial score (nSPS) is 10.2. The maximum Gasteiger partial charge on any atom is 0.273 e. The first-order valence-corrected chi connectivity index (χ1v) is 6.68. The lowest BCUT2D eigenvalue weighted by molar-refractivity contribution is -0.384. The summed E-state index contributed by atoms with van der Waals surface area (Å²) in [6.07, 6.45) is 1.38. The van der Waals surface area contributed by atoms with E-state index in [1.54, 1.807) is 0 Å². The summed E-state index contributed by atoms with van der Waals surface area (Å²) in [5.74, 6) is -0.0461. The van der Waals surface area contributed by atoms with E-state index in [0.717, 1.165) is 0 Å². The fourth-order valence-corrected chi connectivity index (χ4v) is 2.07. The molecule has 1 aromatic carbocycles. The van der Waals surface area contributed by atoms with E-state index in [0.29, 0.717) is 4.47 Å². The van der Waals surface area contributed by atoms with Gasteiger partial charge in [0.1, 0.15) is 10.9 Å². The van der Waals surface area contributed by atoms with Crippen molar-refractivity contribution in [2.75, 3.05) is 0 Å². The van der Waals surface area contributed by atoms with Gasteiger partial charge in [0.25, 0.3) is 5.69 Å². The van der Waals surface area contributed by atoms with Crippen LogP contribution in [0.3, 0.4) is 0 Å². The predicted octanol–water partition coefficient (Wildman–Crippen LogP) is 3.48. The van der Waals surface area contributed by atoms with Gasteiger partial charge in [-0.15, -0.1) is 0 Å². The van der Waals surface area contributed by atoms with Crippen LogP contribution in [-0.2, 0) is 0 Å². The van der Waals surface area contributed by atoms with Crippen LogP contribution in [0.1, 0.15) is 5.56 Å². The second kappa shape index (κ2) is 6.06. The first kappa shape index (κ1) is 15.2. The molecule has 0 saturated heterocycles. The fourth-order valence-electron chi connectivity index (χ4n) is 1.49. The summed E-state index contributed by atoms with van der Waals surface area (Å²) in [5, 5.41) is 18.2. The van der Waals surface area contributed by atoms with E-state index in [9.17, 15) is 10.1 Å². The Labute approximate surface area is 132 Å². The Bertz CT molecular complexity index is 738. The Hall–Kier alpha value is -2.19. The van der Waals surface area contributed by atoms with E-state index in [1.165, 1.54) is 30.5 Å². The Kier molecular flexibility index (Phi) is 4.39. The Balaban J connectivity index is 2.43. The molecule has 0 unspecified atom stereocenters. The summed E-state index contributed by atoms with van der Waals surface area (Å²) in [7, 11) is 0. The van der Waals surface area contributed by atoms with Gasteiger partial charge in [-0.05, 0) is 28.1 Å². The standard InChI is InChI=1S/C12H8BrClN4O3/c13-8-2-1-6(18(19)20)5-9(8)21-12-10(14)7(11(15)16)3-4-17-12/h1-5H,(H3,15,16). The van der Waals surface area contributed by atoms with E-state index in [2.05, 4.69) is 20.9 Å². The van der Waals surface area contributed by atoms with Crippen LogP contribution in [0.4, 0.5) is 5.69 Å². The van der Waals surface area contributed by atoms with Gasteiger partial charge in [0, 0.05) is 17.8 Å². The molecule has 0 spiro atoms. The highest BCUT2D eigenvalue weighted by Crippen LogP contribution is 2.35. The third kappa shape index (κ3) is 3.29. The molecule has 108 valence electrons. The first-order valence-electron chi connectivity index (χ1n) is 5.51. The molecule has 0 aliphatic rings. The fraction of sp³-hybridized carbons (Fsp3) is 0. The third-order valence-electron chi connectivity index (χ3n) is 2.48. The lowest BCUT2D eigenvalue weighted by Gasteiger charge is -2.10. The van der Waals surface area contributed by atoms with Gasteiger partial charge >= 0.3 is 0 Å². The highest BCUT2D eigenvalue weighted by atomic mass is 79.9. The lowest BCUT2D eigenvalue weighted by atomic mass is 10.2. The number of halogens is 2. The molecule has 3 N–H and O–H groups in total. The summed E-state index contributed by atoms with van der Waals surface area (Å²) >= 11 is 9.27. The smallest absolute Gasteiger partial charge is 0.273 e. The van der Waals surface area contributed by atoms with E-state index >= 15 is 0 Å². The Morgan fingerprint density at radius 1 is 1.48 bits per heavy atom. The SMILES string of the molecule is N=C(N)c1ccnc(Oc2cc([N+](=O)[O-])ccc2Br)c1Cl. The molecule has 0 fully saturated rings. The Morgan fingerprint density at radius 2 is 2.19 bits per heavy atom. The van der Waals surface area contributed by atoms with Crippen LogP contribution in [-0.4, -0.2) is 15.7 Å². The van der Waals surface area contributed by atoms with Crippen LogP contribution in [0, 0.1) is 15.5 Å². The molecule has 1 aromatic heterocycles. The quantitative estimate of drug-likeness (QED) is 0.369. The molecule has 7 nitrogen and oxygen atoms in total. The summed E-state index contributed by atoms with van der Waals surface area (Å²) in [5.41, 5.74) is 5.52. The average molecular weight is 372 g/mol. The molecule has 9 heteroatoms. The highest BCUT2D eigenvalue weighted by molar-refractivity contribution is 9.10. The zero-order chi connectivity index (χ0) is 15.6. The molecule has 0 bridgehead atoms. The zero-order valence-electron chi connectivity index (χ0n) is 10.3. The number of nitrogens with zero attached hydrogens (tertiary/aromatic N) is 2. The van der Waals surface area contributed by atoms with Crippen LogP contribution in [0.2, 0.25) is 5.02 Å². The maximum absolute atomic E-state index is 10.8. The molecule has 21 heavy (non-hydrogen) atoms. The van der Waals surface area contributed by atoms with Gasteiger partial charge in [-0.2, -0.15) is 0 Å². The number of nitrogen functional groups attached to an aromatic ring is 1. The molecule has 2 rings (SSSR count). The van der Waals surface area contributed by atoms with Crippen molar-refractivity contribution in [3.63, 3.8) is 0 Å². The van der Waals surface area contributed by atoms with Crippen LogP contribution in [0.15, 0.2) is 34.9 Å². The van der Waals surface area contributed by atoms with Crippen LogP contribution in [0.25, 0.3) is 0 Å². The van der Waals surface area contributed by atoms with Crippen molar-refractivity contribution >= 4 is 39.1 Å². The largest absolute Gasteiger partial charge is 0.436 e. The molecule has 0 amide bonds. The minimum Gasteiger partial charge on any atom is -0.436 e. The second-order valence-electron chi connectivity index (χ2n) is 3.87. The second-order valence-corrected chi connectivity index (χ2v) is 5.10. The number of amidine groups is 1. The van der Waals surface area contributed by atoms with Crippen molar-refractivity contribution in [2.45, 2.75) is 0 Å². The van der Waals surface area contributed by atoms with E-state index < -0.39 is 4.92 Å². The molecule has 0 radical (unpaired) electrons. The number of benzene rings is 1. The van der Waals surface area contributed by atoms with Crippen molar-refractivity contribution in [1.82, 2.24) is 4.98 Å². The number of hydrogen-bond donors (Lipinski definition) is 2. The van der Waals surface area contributed by atoms with Crippen molar-refractivity contribution in [1.29, 1.82) is 5.41 Å². The van der Waals surface area contributed by atoms with Gasteiger partial charge < -0.3 is 10.5 Å². The molecular formula is C12H8BrClN4O3. The summed E-state index contributed by atoms with van der Waals surface area (Å²) < 4.78 is 5.97. The summed E-state index contributed by atoms with van der Waals surface area (Å²) in [4.78, 5) is 14.2. The number of nitro groups is 1. The number of nitrogens with two attached hydrogens (primary N) is 1. The van der Waals surface area contributed by atoms with Crippen molar-refractivity contribution < 1.29 is 9.66 Å². The van der Waals surface area contributed by atoms with Gasteiger partial charge in [-0.3, -0.25) is 15.5 Å². The molecule has 0 aliphatic carbocycles. The lowest BCUT2D eigenvalue weighted by Crippen LogP contribution is -2.12. The van der Waals surface area contributed by atoms with Crippen LogP contribution in [0.5, 0.6) is 11.6 Å². The van der Waals surface area contributed by atoms with E-state index in [4.69, 9.17) is 27.5 Å². The number of rotatable bonds is 4. The number of hydrogen-bond acceptors (Lipinski definition) is 5. The minimum atomic E-state index is -0.541. The summed E-state index contributed by atoms with van der Waals surface area (Å²) in [6.45, 7) is 0. The first-order chi connectivity index (χ1) is 9.90. The average Bonchev–Trinajstić information content (AvgIpc) is 2.42. The van der Waals surface area contributed by atoms with Gasteiger partial charge in [-0.25, -0.2) is 4.98 Å². The zero-order valence-corrected chi connectivity index (χ0v) is 12.7. The van der Waals surface area contributed by atoms with Gasteiger partial charge in [0.2, 0.25) is 5.88 Å². The van der Waals surface area contributed by atoms with E-state index in [1.807, 2.05) is 0 Å². The van der Waals surface area contributed by atoms with E-state index in [-0.39, 0.29) is 33.7 Å². The summed E-state index contributed by atoms with van der Waals surface area (Å²) in [6, 6.07) is 5.52. The minimum absolute atomic E-state index is 0.00515. The van der Waals surface area contributed by atoms with Crippen LogP contribution < -0.4 is 10.5 Å². The number of aromatic nitrogens is 1. The van der Waals surface area contributed by atoms with Gasteiger partial charge in [0.15, 0.2) is 5.75 Å². The van der Waals surface area contributed by atoms with Crippen LogP contribution >= 0.6 is 27.5 Å². The number of nitro benzene ring substituents is 1. The number of non-ortho nitro benzene ring substituents is 1. The van der Waals surface area contributed by atoms with Crippen molar-refractivity contribution in [2.24, 2.45) is 5.73 Å². The number of pyridine rings is 1. The number of nitrogens with one attached hydrogen (secondary N) is 1. The molecule has 0 aliphatic heterocycles. The highest BCUT2D eigenvalue weighted by Gasteiger charge is 2.15. The van der Waals surface area contributed by atoms with Gasteiger partial charge in [-0.1, -0.05) is 11.6 Å².